The molecule has 0 fully saturated rings. The first-order chi connectivity index (χ1) is 16.8. The molecule has 0 spiro atoms. The number of esters is 1. The van der Waals surface area contributed by atoms with Crippen LogP contribution in [0.3, 0.4) is 0 Å². The summed E-state index contributed by atoms with van der Waals surface area (Å²) in [5.41, 5.74) is 2.80. The van der Waals surface area contributed by atoms with Gasteiger partial charge in [0.1, 0.15) is 11.4 Å². The van der Waals surface area contributed by atoms with Crippen LogP contribution >= 0.6 is 0 Å². The summed E-state index contributed by atoms with van der Waals surface area (Å²) in [7, 11) is 5.39. The van der Waals surface area contributed by atoms with E-state index >= 15 is 0 Å². The molecule has 0 bridgehead atoms. The van der Waals surface area contributed by atoms with Crippen molar-refractivity contribution in [1.29, 1.82) is 0 Å². The van der Waals surface area contributed by atoms with Crippen LogP contribution in [0.4, 0.5) is 4.39 Å². The third-order valence-electron chi connectivity index (χ3n) is 7.27. The van der Waals surface area contributed by atoms with Gasteiger partial charge >= 0.3 is 5.97 Å². The Morgan fingerprint density at radius 2 is 1.89 bits per heavy atom. The molecule has 5 nitrogen and oxygen atoms in total. The molecule has 0 aliphatic heterocycles. The van der Waals surface area contributed by atoms with Crippen LogP contribution in [0.1, 0.15) is 68.6 Å². The summed E-state index contributed by atoms with van der Waals surface area (Å²) in [6, 6.07) is 11.1. The van der Waals surface area contributed by atoms with E-state index in [-0.39, 0.29) is 17.7 Å². The largest absolute Gasteiger partial charge is 0.493 e. The quantitative estimate of drug-likeness (QED) is 0.349. The van der Waals surface area contributed by atoms with E-state index in [9.17, 15) is 9.18 Å². The standard InChI is InChI=1S/C29H40FNO4/c1-6-7-8-26-25-11-10-24(30)20-23(25)13-15-29(26,35-21(2)32)16-18-31(3)17-14-22-9-12-27(33-4)28(19-22)34-5/h9-12,19-20,26H,6-8,13-18H2,1-5H3/t26-,29-/m0/s1. The van der Waals surface area contributed by atoms with Crippen molar-refractivity contribution in [1.82, 2.24) is 4.90 Å². The highest BCUT2D eigenvalue weighted by molar-refractivity contribution is 5.67. The molecule has 0 radical (unpaired) electrons. The number of ether oxygens (including phenoxy) is 3. The predicted molar refractivity (Wildman–Crippen MR) is 137 cm³/mol. The lowest BCUT2D eigenvalue weighted by atomic mass is 9.68. The highest BCUT2D eigenvalue weighted by Gasteiger charge is 2.45. The molecule has 0 saturated heterocycles. The van der Waals surface area contributed by atoms with E-state index in [1.165, 1.54) is 18.6 Å². The van der Waals surface area contributed by atoms with Gasteiger partial charge in [0, 0.05) is 32.4 Å². The minimum atomic E-state index is -0.566. The number of hydrogen-bond donors (Lipinski definition) is 0. The molecule has 0 N–H and O–H groups in total. The molecule has 2 aromatic rings. The number of unbranched alkanes of at least 4 members (excludes halogenated alkanes) is 1. The molecule has 2 aromatic carbocycles. The number of fused-ring (bicyclic) bond motifs is 1. The number of likely N-dealkylation sites (N-methyl/N-ethyl adjacent to an activating group) is 1. The highest BCUT2D eigenvalue weighted by atomic mass is 19.1. The normalized spacial score (nSPS) is 19.3. The fourth-order valence-electron chi connectivity index (χ4n) is 5.37. The summed E-state index contributed by atoms with van der Waals surface area (Å²) in [5, 5.41) is 0. The smallest absolute Gasteiger partial charge is 0.303 e. The van der Waals surface area contributed by atoms with Crippen molar-refractivity contribution in [2.24, 2.45) is 0 Å². The lowest BCUT2D eigenvalue weighted by Crippen LogP contribution is -2.46. The second-order valence-electron chi connectivity index (χ2n) is 9.69. The molecule has 6 heteroatoms. The molecule has 192 valence electrons. The van der Waals surface area contributed by atoms with Crippen molar-refractivity contribution < 1.29 is 23.4 Å². The van der Waals surface area contributed by atoms with E-state index in [0.29, 0.717) is 0 Å². The molecule has 3 rings (SSSR count). The predicted octanol–water partition coefficient (Wildman–Crippen LogP) is 5.93. The number of halogens is 1. The van der Waals surface area contributed by atoms with Crippen LogP contribution in [0, 0.1) is 5.82 Å². The van der Waals surface area contributed by atoms with Crippen molar-refractivity contribution in [2.75, 3.05) is 34.4 Å². The van der Waals surface area contributed by atoms with Gasteiger partial charge < -0.3 is 19.1 Å². The van der Waals surface area contributed by atoms with Gasteiger partial charge in [-0.15, -0.1) is 0 Å². The number of carbonyl (C=O) groups is 1. The van der Waals surface area contributed by atoms with E-state index in [2.05, 4.69) is 24.9 Å². The maximum Gasteiger partial charge on any atom is 0.303 e. The number of aryl methyl sites for hydroxylation is 1. The molecular formula is C29H40FNO4. The van der Waals surface area contributed by atoms with Crippen LogP contribution in [-0.2, 0) is 22.4 Å². The average molecular weight is 486 g/mol. The van der Waals surface area contributed by atoms with E-state index in [0.717, 1.165) is 80.7 Å². The van der Waals surface area contributed by atoms with Crippen LogP contribution in [0.2, 0.25) is 0 Å². The van der Waals surface area contributed by atoms with Gasteiger partial charge in [0.2, 0.25) is 0 Å². The Kier molecular flexibility index (Phi) is 9.55. The van der Waals surface area contributed by atoms with E-state index in [4.69, 9.17) is 14.2 Å². The van der Waals surface area contributed by atoms with Gasteiger partial charge in [-0.25, -0.2) is 4.39 Å². The Bertz CT molecular complexity index is 995. The van der Waals surface area contributed by atoms with Gasteiger partial charge in [-0.3, -0.25) is 4.79 Å². The number of hydrogen-bond acceptors (Lipinski definition) is 5. The third-order valence-corrected chi connectivity index (χ3v) is 7.27. The van der Waals surface area contributed by atoms with Gasteiger partial charge in [0.25, 0.3) is 0 Å². The minimum absolute atomic E-state index is 0.0787. The number of carbonyl (C=O) groups excluding carboxylic acids is 1. The Labute approximate surface area is 209 Å². The zero-order chi connectivity index (χ0) is 25.4. The number of nitrogens with zero attached hydrogens (tertiary/aromatic N) is 1. The summed E-state index contributed by atoms with van der Waals surface area (Å²) in [6.07, 6.45) is 6.10. The summed E-state index contributed by atoms with van der Waals surface area (Å²) in [4.78, 5) is 14.5. The Balaban J connectivity index is 1.73. The highest BCUT2D eigenvalue weighted by Crippen LogP contribution is 2.47. The Morgan fingerprint density at radius 3 is 2.57 bits per heavy atom. The van der Waals surface area contributed by atoms with Crippen LogP contribution < -0.4 is 9.47 Å². The zero-order valence-corrected chi connectivity index (χ0v) is 21.9. The topological polar surface area (TPSA) is 48.0 Å². The van der Waals surface area contributed by atoms with Gasteiger partial charge in [-0.1, -0.05) is 31.9 Å². The first-order valence-electron chi connectivity index (χ1n) is 12.7. The first-order valence-corrected chi connectivity index (χ1v) is 12.7. The van der Waals surface area contributed by atoms with Gasteiger partial charge in [0.05, 0.1) is 14.2 Å². The van der Waals surface area contributed by atoms with Crippen LogP contribution in [0.25, 0.3) is 0 Å². The van der Waals surface area contributed by atoms with E-state index in [1.807, 2.05) is 18.2 Å². The van der Waals surface area contributed by atoms with Gasteiger partial charge in [0.15, 0.2) is 11.5 Å². The molecule has 0 unspecified atom stereocenters. The zero-order valence-electron chi connectivity index (χ0n) is 21.9. The van der Waals surface area contributed by atoms with Gasteiger partial charge in [-0.05, 0) is 73.7 Å². The first kappa shape index (κ1) is 27.0. The summed E-state index contributed by atoms with van der Waals surface area (Å²) >= 11 is 0. The molecule has 35 heavy (non-hydrogen) atoms. The molecule has 0 aromatic heterocycles. The molecule has 0 heterocycles. The maximum atomic E-state index is 13.9. The second-order valence-corrected chi connectivity index (χ2v) is 9.69. The van der Waals surface area contributed by atoms with Crippen molar-refractivity contribution in [3.05, 3.63) is 58.9 Å². The van der Waals surface area contributed by atoms with Crippen molar-refractivity contribution >= 4 is 5.97 Å². The summed E-state index contributed by atoms with van der Waals surface area (Å²) in [5.74, 6) is 1.09. The molecule has 0 amide bonds. The fourth-order valence-corrected chi connectivity index (χ4v) is 5.37. The number of benzene rings is 2. The van der Waals surface area contributed by atoms with E-state index < -0.39 is 5.60 Å². The number of methoxy groups -OCH3 is 2. The Morgan fingerprint density at radius 1 is 1.11 bits per heavy atom. The lowest BCUT2D eigenvalue weighted by Gasteiger charge is -2.45. The summed E-state index contributed by atoms with van der Waals surface area (Å²) < 4.78 is 30.9. The minimum Gasteiger partial charge on any atom is -0.493 e. The summed E-state index contributed by atoms with van der Waals surface area (Å²) in [6.45, 7) is 5.34. The monoisotopic (exact) mass is 485 g/mol. The molecule has 1 aliphatic carbocycles. The van der Waals surface area contributed by atoms with Crippen LogP contribution in [0.5, 0.6) is 11.5 Å². The average Bonchev–Trinajstić information content (AvgIpc) is 2.85. The van der Waals surface area contributed by atoms with E-state index in [1.54, 1.807) is 20.3 Å². The SMILES string of the molecule is CCCC[C@H]1c2ccc(F)cc2CC[C@@]1(CCN(C)CCc1ccc(OC)c(OC)c1)OC(C)=O. The number of rotatable bonds is 12. The molecular weight excluding hydrogens is 445 g/mol. The lowest BCUT2D eigenvalue weighted by molar-refractivity contribution is -0.163. The van der Waals surface area contributed by atoms with Crippen LogP contribution in [-0.4, -0.2) is 50.8 Å². The van der Waals surface area contributed by atoms with Crippen molar-refractivity contribution in [3.8, 4) is 11.5 Å². The van der Waals surface area contributed by atoms with Crippen molar-refractivity contribution in [3.63, 3.8) is 0 Å². The maximum absolute atomic E-state index is 13.9. The third kappa shape index (κ3) is 6.75. The second kappa shape index (κ2) is 12.4. The molecule has 1 aliphatic rings. The van der Waals surface area contributed by atoms with Gasteiger partial charge in [-0.2, -0.15) is 0 Å². The molecule has 0 saturated carbocycles. The Hall–Kier alpha value is -2.60. The fraction of sp³-hybridized carbons (Fsp3) is 0.552. The molecule has 2 atom stereocenters. The van der Waals surface area contributed by atoms with Crippen molar-refractivity contribution in [2.45, 2.75) is 70.3 Å². The van der Waals surface area contributed by atoms with Crippen LogP contribution in [0.15, 0.2) is 36.4 Å².